The van der Waals surface area contributed by atoms with E-state index < -0.39 is 0 Å². The summed E-state index contributed by atoms with van der Waals surface area (Å²) in [6, 6.07) is 19.5. The van der Waals surface area contributed by atoms with Gasteiger partial charge in [-0.3, -0.25) is 9.78 Å². The molecule has 1 aliphatic heterocycles. The van der Waals surface area contributed by atoms with Crippen LogP contribution in [0.3, 0.4) is 0 Å². The molecule has 1 aliphatic rings. The molecule has 4 aromatic rings. The summed E-state index contributed by atoms with van der Waals surface area (Å²) in [5.74, 6) is -0.874. The lowest BCUT2D eigenvalue weighted by Crippen LogP contribution is -2.32. The largest absolute Gasteiger partial charge is 0.352 e. The highest BCUT2D eigenvalue weighted by Crippen LogP contribution is 2.41. The van der Waals surface area contributed by atoms with Crippen LogP contribution in [0.15, 0.2) is 79.0 Å². The molecule has 0 unspecified atom stereocenters. The second-order valence-corrected chi connectivity index (χ2v) is 9.65. The Labute approximate surface area is 225 Å². The number of halogens is 2. The molecule has 0 bridgehead atoms. The van der Waals surface area contributed by atoms with Crippen molar-refractivity contribution in [3.05, 3.63) is 113 Å². The first-order chi connectivity index (χ1) is 18.3. The number of nitrogens with zero attached hydrogens (tertiary/aromatic N) is 3. The Morgan fingerprint density at radius 3 is 2.53 bits per heavy atom. The molecule has 194 valence electrons. The molecule has 1 amide bonds. The number of benzene rings is 2. The van der Waals surface area contributed by atoms with Crippen molar-refractivity contribution < 1.29 is 13.6 Å². The number of nitrogens with one attached hydrogen (secondary N) is 2. The third kappa shape index (κ3) is 5.15. The summed E-state index contributed by atoms with van der Waals surface area (Å²) in [7, 11) is 0. The number of hydrogen-bond donors (Lipinski definition) is 2. The number of pyridine rings is 1. The third-order valence-corrected chi connectivity index (χ3v) is 7.11. The number of thiocarbonyl (C=S) groups is 1. The van der Waals surface area contributed by atoms with Crippen molar-refractivity contribution >= 4 is 28.9 Å². The van der Waals surface area contributed by atoms with E-state index in [1.807, 2.05) is 47.6 Å². The quantitative estimate of drug-likeness (QED) is 0.297. The number of aryl methyl sites for hydroxylation is 1. The van der Waals surface area contributed by atoms with Crippen LogP contribution in [0.2, 0.25) is 0 Å². The van der Waals surface area contributed by atoms with Gasteiger partial charge in [-0.1, -0.05) is 12.1 Å². The molecule has 1 fully saturated rings. The number of aromatic nitrogens is 2. The topological polar surface area (TPSA) is 62.2 Å². The van der Waals surface area contributed by atoms with E-state index in [0.717, 1.165) is 28.3 Å². The Kier molecular flexibility index (Phi) is 7.20. The van der Waals surface area contributed by atoms with Crippen LogP contribution in [0, 0.1) is 25.5 Å². The highest BCUT2D eigenvalue weighted by atomic mass is 32.1. The molecule has 2 aromatic carbocycles. The monoisotopic (exact) mass is 531 g/mol. The van der Waals surface area contributed by atoms with Gasteiger partial charge in [0, 0.05) is 41.9 Å². The first-order valence-electron chi connectivity index (χ1n) is 12.3. The van der Waals surface area contributed by atoms with Gasteiger partial charge in [0.15, 0.2) is 5.11 Å². The molecule has 1 saturated heterocycles. The maximum absolute atomic E-state index is 14.1. The summed E-state index contributed by atoms with van der Waals surface area (Å²) in [4.78, 5) is 19.3. The number of anilines is 1. The van der Waals surface area contributed by atoms with Crippen molar-refractivity contribution in [2.24, 2.45) is 0 Å². The SMILES string of the molecule is Cc1cc([C@H]2[C@H](c3ccccn3)NC(=S)N2CCC(=O)Nc2ccc(F)cc2)c(C)n1-c1cccc(F)c1. The molecule has 0 aliphatic carbocycles. The number of hydrogen-bond acceptors (Lipinski definition) is 3. The summed E-state index contributed by atoms with van der Waals surface area (Å²) in [6.45, 7) is 4.35. The predicted molar refractivity (Wildman–Crippen MR) is 147 cm³/mol. The van der Waals surface area contributed by atoms with Gasteiger partial charge in [-0.05, 0) is 92.3 Å². The van der Waals surface area contributed by atoms with E-state index in [4.69, 9.17) is 12.2 Å². The van der Waals surface area contributed by atoms with Gasteiger partial charge in [0.05, 0.1) is 17.8 Å². The zero-order valence-corrected chi connectivity index (χ0v) is 21.8. The lowest BCUT2D eigenvalue weighted by atomic mass is 9.96. The van der Waals surface area contributed by atoms with Crippen molar-refractivity contribution in [2.75, 3.05) is 11.9 Å². The maximum Gasteiger partial charge on any atom is 0.226 e. The molecule has 0 saturated carbocycles. The molecule has 5 rings (SSSR count). The van der Waals surface area contributed by atoms with Gasteiger partial charge in [0.1, 0.15) is 11.6 Å². The fraction of sp³-hybridized carbons (Fsp3) is 0.207. The second-order valence-electron chi connectivity index (χ2n) is 9.27. The third-order valence-electron chi connectivity index (χ3n) is 6.76. The summed E-state index contributed by atoms with van der Waals surface area (Å²) in [6.07, 6.45) is 1.92. The van der Waals surface area contributed by atoms with E-state index >= 15 is 0 Å². The van der Waals surface area contributed by atoms with Gasteiger partial charge >= 0.3 is 0 Å². The van der Waals surface area contributed by atoms with Gasteiger partial charge in [-0.2, -0.15) is 0 Å². The molecule has 3 heterocycles. The van der Waals surface area contributed by atoms with Crippen molar-refractivity contribution in [2.45, 2.75) is 32.4 Å². The molecule has 2 N–H and O–H groups in total. The van der Waals surface area contributed by atoms with Crippen molar-refractivity contribution in [3.63, 3.8) is 0 Å². The first kappa shape index (κ1) is 25.5. The lowest BCUT2D eigenvalue weighted by molar-refractivity contribution is -0.116. The fourth-order valence-corrected chi connectivity index (χ4v) is 5.39. The van der Waals surface area contributed by atoms with E-state index in [0.29, 0.717) is 17.3 Å². The summed E-state index contributed by atoms with van der Waals surface area (Å²) in [5.41, 5.74) is 5.00. The Hall–Kier alpha value is -4.11. The maximum atomic E-state index is 14.1. The van der Waals surface area contributed by atoms with Crippen LogP contribution in [0.1, 0.15) is 41.1 Å². The zero-order valence-electron chi connectivity index (χ0n) is 21.0. The van der Waals surface area contributed by atoms with Crippen molar-refractivity contribution in [1.82, 2.24) is 19.8 Å². The molecule has 2 aromatic heterocycles. The average Bonchev–Trinajstić information content (AvgIpc) is 3.39. The number of rotatable bonds is 7. The summed E-state index contributed by atoms with van der Waals surface area (Å²) < 4.78 is 29.3. The predicted octanol–water partition coefficient (Wildman–Crippen LogP) is 5.77. The zero-order chi connectivity index (χ0) is 26.8. The standard InChI is InChI=1S/C29H27F2N5OS/c1-18-16-24(19(2)36(18)23-7-5-6-21(31)17-23)28-27(25-8-3-4-14-32-25)34-29(38)35(28)15-13-26(37)33-22-11-9-20(30)10-12-22/h3-12,14,16-17,27-28H,13,15H2,1-2H3,(H,33,37)(H,34,38)/t27-,28-/m0/s1. The molecular weight excluding hydrogens is 504 g/mol. The normalized spacial score (nSPS) is 16.9. The van der Waals surface area contributed by atoms with Crippen LogP contribution in [0.4, 0.5) is 14.5 Å². The Morgan fingerprint density at radius 2 is 1.82 bits per heavy atom. The summed E-state index contributed by atoms with van der Waals surface area (Å²) >= 11 is 5.74. The number of carbonyl (C=O) groups excluding carboxylic acids is 1. The van der Waals surface area contributed by atoms with Gasteiger partial charge in [-0.15, -0.1) is 0 Å². The van der Waals surface area contributed by atoms with Gasteiger partial charge in [0.25, 0.3) is 0 Å². The molecule has 9 heteroatoms. The van der Waals surface area contributed by atoms with Gasteiger partial charge in [0.2, 0.25) is 5.91 Å². The van der Waals surface area contributed by atoms with Crippen molar-refractivity contribution in [1.29, 1.82) is 0 Å². The average molecular weight is 532 g/mol. The van der Waals surface area contributed by atoms with Crippen molar-refractivity contribution in [3.8, 4) is 5.69 Å². The van der Waals surface area contributed by atoms with Gasteiger partial charge < -0.3 is 20.1 Å². The van der Waals surface area contributed by atoms with Crippen LogP contribution in [0.25, 0.3) is 5.69 Å². The molecule has 0 spiro atoms. The molecular formula is C29H27F2N5OS. The lowest BCUT2D eigenvalue weighted by Gasteiger charge is -2.28. The highest BCUT2D eigenvalue weighted by molar-refractivity contribution is 7.80. The minimum Gasteiger partial charge on any atom is -0.352 e. The van der Waals surface area contributed by atoms with E-state index in [1.54, 1.807) is 12.3 Å². The Bertz CT molecular complexity index is 1470. The van der Waals surface area contributed by atoms with E-state index in [1.165, 1.54) is 36.4 Å². The van der Waals surface area contributed by atoms with Crippen LogP contribution in [0.5, 0.6) is 0 Å². The first-order valence-corrected chi connectivity index (χ1v) is 12.7. The van der Waals surface area contributed by atoms with Crippen LogP contribution >= 0.6 is 12.2 Å². The van der Waals surface area contributed by atoms with E-state index in [9.17, 15) is 13.6 Å². The van der Waals surface area contributed by atoms with E-state index in [-0.39, 0.29) is 36.0 Å². The Balaban J connectivity index is 1.46. The van der Waals surface area contributed by atoms with Crippen LogP contribution < -0.4 is 10.6 Å². The number of carbonyl (C=O) groups is 1. The van der Waals surface area contributed by atoms with Gasteiger partial charge in [-0.25, -0.2) is 8.78 Å². The Morgan fingerprint density at radius 1 is 1.03 bits per heavy atom. The summed E-state index contributed by atoms with van der Waals surface area (Å²) in [5, 5.41) is 6.74. The second kappa shape index (κ2) is 10.7. The highest BCUT2D eigenvalue weighted by Gasteiger charge is 2.41. The van der Waals surface area contributed by atoms with Crippen LogP contribution in [-0.4, -0.2) is 32.0 Å². The van der Waals surface area contributed by atoms with E-state index in [2.05, 4.69) is 21.7 Å². The molecule has 6 nitrogen and oxygen atoms in total. The molecule has 0 radical (unpaired) electrons. The number of amides is 1. The minimum absolute atomic E-state index is 0.174. The molecule has 38 heavy (non-hydrogen) atoms. The smallest absolute Gasteiger partial charge is 0.226 e. The fourth-order valence-electron chi connectivity index (χ4n) is 5.06. The minimum atomic E-state index is -0.365. The van der Waals surface area contributed by atoms with Crippen LogP contribution in [-0.2, 0) is 4.79 Å². The molecule has 2 atom stereocenters.